The van der Waals surface area contributed by atoms with E-state index in [0.717, 1.165) is 12.8 Å². The average Bonchev–Trinajstić information content (AvgIpc) is 3.20. The summed E-state index contributed by atoms with van der Waals surface area (Å²) in [5.41, 5.74) is 6.24. The number of carbonyl (C=O) groups excluding carboxylic acids is 1. The molecule has 1 aromatic rings. The molecule has 1 saturated carbocycles. The van der Waals surface area contributed by atoms with Crippen molar-refractivity contribution < 1.29 is 13.2 Å². The minimum Gasteiger partial charge on any atom is -0.326 e. The molecule has 0 radical (unpaired) electrons. The number of sulfonamides is 1. The van der Waals surface area contributed by atoms with Gasteiger partial charge in [0.25, 0.3) is 0 Å². The second-order valence-electron chi connectivity index (χ2n) is 4.94. The van der Waals surface area contributed by atoms with E-state index < -0.39 is 10.0 Å². The Labute approximate surface area is 113 Å². The normalized spacial score (nSPS) is 17.2. The molecule has 0 bridgehead atoms. The molecule has 6 heteroatoms. The maximum absolute atomic E-state index is 12.1. The first kappa shape index (κ1) is 14.2. The fourth-order valence-corrected chi connectivity index (χ4v) is 2.98. The number of hydrogen-bond acceptors (Lipinski definition) is 4. The number of benzene rings is 1. The van der Waals surface area contributed by atoms with Crippen molar-refractivity contribution in [3.05, 3.63) is 29.8 Å². The smallest absolute Gasteiger partial charge is 0.240 e. The minimum atomic E-state index is -3.60. The zero-order valence-corrected chi connectivity index (χ0v) is 11.6. The van der Waals surface area contributed by atoms with Crippen molar-refractivity contribution in [1.29, 1.82) is 0 Å². The molecule has 0 spiro atoms. The standard InChI is InChI=1S/C13H18N2O3S/c1-9(16)11-3-2-4-12(7-11)19(17,18)15-8-13(14)10-5-6-10/h2-4,7,10,13,15H,5-6,8,14H2,1H3. The van der Waals surface area contributed by atoms with E-state index in [0.29, 0.717) is 11.5 Å². The molecule has 0 amide bonds. The summed E-state index contributed by atoms with van der Waals surface area (Å²) in [6, 6.07) is 5.87. The molecule has 0 heterocycles. The van der Waals surface area contributed by atoms with Gasteiger partial charge in [0, 0.05) is 18.2 Å². The maximum atomic E-state index is 12.1. The van der Waals surface area contributed by atoms with Gasteiger partial charge < -0.3 is 5.73 Å². The highest BCUT2D eigenvalue weighted by Gasteiger charge is 2.29. The molecule has 0 aliphatic heterocycles. The summed E-state index contributed by atoms with van der Waals surface area (Å²) < 4.78 is 26.7. The van der Waals surface area contributed by atoms with Crippen molar-refractivity contribution in [2.75, 3.05) is 6.54 Å². The van der Waals surface area contributed by atoms with Gasteiger partial charge in [0.2, 0.25) is 10.0 Å². The van der Waals surface area contributed by atoms with Gasteiger partial charge in [-0.15, -0.1) is 0 Å². The lowest BCUT2D eigenvalue weighted by atomic mass is 10.2. The molecule has 1 aliphatic carbocycles. The Morgan fingerprint density at radius 3 is 2.74 bits per heavy atom. The molecule has 3 N–H and O–H groups in total. The zero-order valence-electron chi connectivity index (χ0n) is 10.8. The summed E-state index contributed by atoms with van der Waals surface area (Å²) in [5, 5.41) is 0. The lowest BCUT2D eigenvalue weighted by Crippen LogP contribution is -2.38. The summed E-state index contributed by atoms with van der Waals surface area (Å²) >= 11 is 0. The number of nitrogens with two attached hydrogens (primary N) is 1. The number of Topliss-reactive ketones (excluding diaryl/α,β-unsaturated/α-hetero) is 1. The van der Waals surface area contributed by atoms with E-state index in [-0.39, 0.29) is 23.3 Å². The van der Waals surface area contributed by atoms with Crippen LogP contribution in [0.2, 0.25) is 0 Å². The van der Waals surface area contributed by atoms with Gasteiger partial charge in [0.05, 0.1) is 4.90 Å². The van der Waals surface area contributed by atoms with E-state index in [1.54, 1.807) is 12.1 Å². The van der Waals surface area contributed by atoms with Gasteiger partial charge in [-0.05, 0) is 37.8 Å². The quantitative estimate of drug-likeness (QED) is 0.759. The van der Waals surface area contributed by atoms with Crippen molar-refractivity contribution in [1.82, 2.24) is 4.72 Å². The van der Waals surface area contributed by atoms with Crippen LogP contribution in [0.3, 0.4) is 0 Å². The molecule has 2 rings (SSSR count). The van der Waals surface area contributed by atoms with Gasteiger partial charge >= 0.3 is 0 Å². The monoisotopic (exact) mass is 282 g/mol. The van der Waals surface area contributed by atoms with Crippen LogP contribution in [-0.2, 0) is 10.0 Å². The van der Waals surface area contributed by atoms with E-state index in [4.69, 9.17) is 5.73 Å². The first-order chi connectivity index (χ1) is 8.90. The van der Waals surface area contributed by atoms with Crippen LogP contribution < -0.4 is 10.5 Å². The highest BCUT2D eigenvalue weighted by Crippen LogP contribution is 2.31. The molecule has 0 aromatic heterocycles. The first-order valence-electron chi connectivity index (χ1n) is 6.26. The predicted molar refractivity (Wildman–Crippen MR) is 72.3 cm³/mol. The van der Waals surface area contributed by atoms with Crippen molar-refractivity contribution in [3.63, 3.8) is 0 Å². The number of hydrogen-bond donors (Lipinski definition) is 2. The van der Waals surface area contributed by atoms with Crippen molar-refractivity contribution in [2.24, 2.45) is 11.7 Å². The Bertz CT molecular complexity index is 579. The lowest BCUT2D eigenvalue weighted by Gasteiger charge is -2.12. The van der Waals surface area contributed by atoms with Crippen LogP contribution in [0.5, 0.6) is 0 Å². The van der Waals surface area contributed by atoms with Crippen LogP contribution in [0.15, 0.2) is 29.2 Å². The van der Waals surface area contributed by atoms with Crippen LogP contribution in [0.4, 0.5) is 0 Å². The van der Waals surface area contributed by atoms with Crippen LogP contribution in [0.25, 0.3) is 0 Å². The van der Waals surface area contributed by atoms with Gasteiger partial charge in [-0.25, -0.2) is 13.1 Å². The fraction of sp³-hybridized carbons (Fsp3) is 0.462. The molecule has 0 saturated heterocycles. The number of nitrogens with one attached hydrogen (secondary N) is 1. The molecule has 1 aromatic carbocycles. The molecular weight excluding hydrogens is 264 g/mol. The van der Waals surface area contributed by atoms with Crippen molar-refractivity contribution in [3.8, 4) is 0 Å². The largest absolute Gasteiger partial charge is 0.326 e. The number of rotatable bonds is 6. The fourth-order valence-electron chi connectivity index (χ4n) is 1.86. The third kappa shape index (κ3) is 3.62. The number of carbonyl (C=O) groups is 1. The summed E-state index contributed by atoms with van der Waals surface area (Å²) in [6.07, 6.45) is 2.14. The molecule has 5 nitrogen and oxygen atoms in total. The minimum absolute atomic E-state index is 0.100. The second-order valence-corrected chi connectivity index (χ2v) is 6.70. The van der Waals surface area contributed by atoms with Crippen molar-refractivity contribution >= 4 is 15.8 Å². The molecular formula is C13H18N2O3S. The Morgan fingerprint density at radius 1 is 1.47 bits per heavy atom. The van der Waals surface area contributed by atoms with Crippen molar-refractivity contribution in [2.45, 2.75) is 30.7 Å². The second kappa shape index (κ2) is 5.40. The van der Waals surface area contributed by atoms with E-state index in [9.17, 15) is 13.2 Å². The Balaban J connectivity index is 2.09. The lowest BCUT2D eigenvalue weighted by molar-refractivity contribution is 0.101. The summed E-state index contributed by atoms with van der Waals surface area (Å²) in [4.78, 5) is 11.4. The van der Waals surface area contributed by atoms with Gasteiger partial charge in [-0.3, -0.25) is 4.79 Å². The Kier molecular flexibility index (Phi) is 4.03. The summed E-state index contributed by atoms with van der Waals surface area (Å²) in [7, 11) is -3.60. The van der Waals surface area contributed by atoms with E-state index >= 15 is 0 Å². The van der Waals surface area contributed by atoms with Gasteiger partial charge in [-0.2, -0.15) is 0 Å². The van der Waals surface area contributed by atoms with Gasteiger partial charge in [0.1, 0.15) is 0 Å². The van der Waals surface area contributed by atoms with E-state index in [1.807, 2.05) is 0 Å². The maximum Gasteiger partial charge on any atom is 0.240 e. The van der Waals surface area contributed by atoms with E-state index in [2.05, 4.69) is 4.72 Å². The molecule has 1 fully saturated rings. The molecule has 104 valence electrons. The van der Waals surface area contributed by atoms with Crippen LogP contribution in [0.1, 0.15) is 30.1 Å². The average molecular weight is 282 g/mol. The summed E-state index contributed by atoms with van der Waals surface area (Å²) in [6.45, 7) is 1.64. The molecule has 19 heavy (non-hydrogen) atoms. The van der Waals surface area contributed by atoms with Crippen LogP contribution in [-0.4, -0.2) is 26.8 Å². The van der Waals surface area contributed by atoms with Crippen LogP contribution >= 0.6 is 0 Å². The van der Waals surface area contributed by atoms with Gasteiger partial charge in [0.15, 0.2) is 5.78 Å². The molecule has 1 unspecified atom stereocenters. The predicted octanol–water partition coefficient (Wildman–Crippen LogP) is 0.905. The zero-order chi connectivity index (χ0) is 14.0. The first-order valence-corrected chi connectivity index (χ1v) is 7.75. The van der Waals surface area contributed by atoms with E-state index in [1.165, 1.54) is 19.1 Å². The third-order valence-electron chi connectivity index (χ3n) is 3.29. The van der Waals surface area contributed by atoms with Crippen LogP contribution in [0, 0.1) is 5.92 Å². The SMILES string of the molecule is CC(=O)c1cccc(S(=O)(=O)NCC(N)C2CC2)c1. The Hall–Kier alpha value is -1.24. The highest BCUT2D eigenvalue weighted by molar-refractivity contribution is 7.89. The topological polar surface area (TPSA) is 89.3 Å². The highest BCUT2D eigenvalue weighted by atomic mass is 32.2. The number of ketones is 1. The molecule has 1 atom stereocenters. The Morgan fingerprint density at radius 2 is 2.16 bits per heavy atom. The summed E-state index contributed by atoms with van der Waals surface area (Å²) in [5.74, 6) is 0.276. The molecule has 1 aliphatic rings. The third-order valence-corrected chi connectivity index (χ3v) is 4.71. The van der Waals surface area contributed by atoms with Gasteiger partial charge in [-0.1, -0.05) is 12.1 Å².